The van der Waals surface area contributed by atoms with Crippen LogP contribution in [0, 0.1) is 5.82 Å². The fourth-order valence-electron chi connectivity index (χ4n) is 1.99. The van der Waals surface area contributed by atoms with Crippen molar-refractivity contribution >= 4 is 11.8 Å². The van der Waals surface area contributed by atoms with Crippen LogP contribution in [0.2, 0.25) is 0 Å². The molecule has 1 aromatic carbocycles. The summed E-state index contributed by atoms with van der Waals surface area (Å²) in [4.78, 5) is 4.26. The third kappa shape index (κ3) is 3.09. The van der Waals surface area contributed by atoms with Gasteiger partial charge in [-0.05, 0) is 30.7 Å². The normalized spacial score (nSPS) is 10.8. The van der Waals surface area contributed by atoms with Crippen LogP contribution in [-0.4, -0.2) is 25.6 Å². The highest BCUT2D eigenvalue weighted by atomic mass is 32.2. The van der Waals surface area contributed by atoms with Crippen LogP contribution in [0.3, 0.4) is 0 Å². The van der Waals surface area contributed by atoms with Crippen LogP contribution < -0.4 is 5.84 Å². The van der Waals surface area contributed by atoms with E-state index in [-0.39, 0.29) is 5.82 Å². The van der Waals surface area contributed by atoms with Gasteiger partial charge in [0.25, 0.3) is 0 Å². The van der Waals surface area contributed by atoms with E-state index in [9.17, 15) is 4.39 Å². The van der Waals surface area contributed by atoms with E-state index in [1.54, 1.807) is 24.4 Å². The number of aryl methyl sites for hydroxylation is 1. The minimum Gasteiger partial charge on any atom is -0.335 e. The maximum Gasteiger partial charge on any atom is 0.210 e. The molecule has 0 bridgehead atoms. The first kappa shape index (κ1) is 14.5. The van der Waals surface area contributed by atoms with Crippen molar-refractivity contribution in [2.45, 2.75) is 11.6 Å². The number of nitrogen functional groups attached to an aromatic ring is 1. The standard InChI is InChI=1S/C15H14FN5S/c16-13-7-2-1-6-12(13)14-19-20-15(21(14)17)22-10-8-11-5-3-4-9-18-11/h1-7,9H,8,10,17H2. The van der Waals surface area contributed by atoms with Gasteiger partial charge >= 0.3 is 0 Å². The quantitative estimate of drug-likeness (QED) is 0.579. The molecular weight excluding hydrogens is 301 g/mol. The lowest BCUT2D eigenvalue weighted by atomic mass is 10.2. The number of nitrogens with zero attached hydrogens (tertiary/aromatic N) is 4. The van der Waals surface area contributed by atoms with E-state index in [1.165, 1.54) is 22.5 Å². The Morgan fingerprint density at radius 1 is 1.09 bits per heavy atom. The first-order valence-corrected chi connectivity index (χ1v) is 7.72. The van der Waals surface area contributed by atoms with Crippen LogP contribution in [0.1, 0.15) is 5.69 Å². The first-order valence-electron chi connectivity index (χ1n) is 6.74. The number of benzene rings is 1. The summed E-state index contributed by atoms with van der Waals surface area (Å²) >= 11 is 1.47. The Hall–Kier alpha value is -2.41. The number of aromatic nitrogens is 4. The number of rotatable bonds is 5. The molecule has 7 heteroatoms. The van der Waals surface area contributed by atoms with Crippen molar-refractivity contribution < 1.29 is 4.39 Å². The molecule has 0 fully saturated rings. The molecule has 0 atom stereocenters. The Bertz CT molecular complexity index is 760. The minimum atomic E-state index is -0.369. The van der Waals surface area contributed by atoms with Crippen molar-refractivity contribution in [3.05, 3.63) is 60.2 Å². The smallest absolute Gasteiger partial charge is 0.210 e. The van der Waals surface area contributed by atoms with Gasteiger partial charge in [-0.1, -0.05) is 30.0 Å². The van der Waals surface area contributed by atoms with E-state index in [1.807, 2.05) is 18.2 Å². The molecule has 0 aliphatic heterocycles. The average Bonchev–Trinajstić information content (AvgIpc) is 2.90. The number of pyridine rings is 1. The van der Waals surface area contributed by atoms with Gasteiger partial charge in [0, 0.05) is 17.6 Å². The summed E-state index contributed by atoms with van der Waals surface area (Å²) in [6.45, 7) is 0. The molecule has 0 amide bonds. The van der Waals surface area contributed by atoms with Crippen molar-refractivity contribution in [2.24, 2.45) is 0 Å². The van der Waals surface area contributed by atoms with E-state index in [2.05, 4.69) is 15.2 Å². The van der Waals surface area contributed by atoms with Gasteiger partial charge in [-0.15, -0.1) is 10.2 Å². The molecule has 0 aliphatic carbocycles. The van der Waals surface area contributed by atoms with Crippen molar-refractivity contribution in [1.29, 1.82) is 0 Å². The molecule has 3 rings (SSSR count). The SMILES string of the molecule is Nn1c(SCCc2ccccn2)nnc1-c1ccccc1F. The van der Waals surface area contributed by atoms with Crippen molar-refractivity contribution in [3.8, 4) is 11.4 Å². The molecule has 0 unspecified atom stereocenters. The van der Waals surface area contributed by atoms with E-state index < -0.39 is 0 Å². The van der Waals surface area contributed by atoms with E-state index in [0.29, 0.717) is 16.5 Å². The molecule has 2 N–H and O–H groups in total. The van der Waals surface area contributed by atoms with Crippen molar-refractivity contribution in [1.82, 2.24) is 19.9 Å². The predicted octanol–water partition coefficient (Wildman–Crippen LogP) is 2.53. The molecule has 5 nitrogen and oxygen atoms in total. The monoisotopic (exact) mass is 315 g/mol. The Morgan fingerprint density at radius 2 is 1.91 bits per heavy atom. The number of nitrogens with two attached hydrogens (primary N) is 1. The summed E-state index contributed by atoms with van der Waals surface area (Å²) in [5.41, 5.74) is 1.35. The number of hydrogen-bond acceptors (Lipinski definition) is 5. The molecule has 2 aromatic heterocycles. The van der Waals surface area contributed by atoms with Gasteiger partial charge in [-0.3, -0.25) is 4.98 Å². The second-order valence-corrected chi connectivity index (χ2v) is 5.64. The minimum absolute atomic E-state index is 0.318. The third-order valence-electron chi connectivity index (χ3n) is 3.09. The fourth-order valence-corrected chi connectivity index (χ4v) is 2.81. The van der Waals surface area contributed by atoms with E-state index >= 15 is 0 Å². The average molecular weight is 315 g/mol. The molecular formula is C15H14FN5S. The van der Waals surface area contributed by atoms with Crippen LogP contribution in [-0.2, 0) is 6.42 Å². The zero-order valence-corrected chi connectivity index (χ0v) is 12.5. The molecule has 112 valence electrons. The molecule has 0 aliphatic rings. The number of thioether (sulfide) groups is 1. The summed E-state index contributed by atoms with van der Waals surface area (Å²) in [7, 11) is 0. The lowest BCUT2D eigenvalue weighted by molar-refractivity contribution is 0.629. The van der Waals surface area contributed by atoms with Gasteiger partial charge < -0.3 is 5.84 Å². The van der Waals surface area contributed by atoms with Gasteiger partial charge in [0.15, 0.2) is 5.82 Å². The van der Waals surface area contributed by atoms with Gasteiger partial charge in [-0.2, -0.15) is 0 Å². The Labute approximate surface area is 131 Å². The lowest BCUT2D eigenvalue weighted by Gasteiger charge is -2.04. The molecule has 3 aromatic rings. The predicted molar refractivity (Wildman–Crippen MR) is 84.2 cm³/mol. The van der Waals surface area contributed by atoms with Crippen LogP contribution in [0.25, 0.3) is 11.4 Å². The molecule has 0 saturated heterocycles. The van der Waals surface area contributed by atoms with Crippen LogP contribution in [0.15, 0.2) is 53.8 Å². The summed E-state index contributed by atoms with van der Waals surface area (Å²) in [5.74, 6) is 6.69. The molecule has 22 heavy (non-hydrogen) atoms. The molecule has 0 radical (unpaired) electrons. The Kier molecular flexibility index (Phi) is 4.34. The van der Waals surface area contributed by atoms with Gasteiger partial charge in [0.2, 0.25) is 5.16 Å². The van der Waals surface area contributed by atoms with Crippen LogP contribution >= 0.6 is 11.8 Å². The van der Waals surface area contributed by atoms with E-state index in [0.717, 1.165) is 17.9 Å². The zero-order valence-electron chi connectivity index (χ0n) is 11.7. The maximum absolute atomic E-state index is 13.8. The number of halogens is 1. The zero-order chi connectivity index (χ0) is 15.4. The highest BCUT2D eigenvalue weighted by molar-refractivity contribution is 7.99. The Balaban J connectivity index is 1.70. The fraction of sp³-hybridized carbons (Fsp3) is 0.133. The van der Waals surface area contributed by atoms with E-state index in [4.69, 9.17) is 5.84 Å². The molecule has 0 saturated carbocycles. The highest BCUT2D eigenvalue weighted by Gasteiger charge is 2.15. The third-order valence-corrected chi connectivity index (χ3v) is 4.04. The van der Waals surface area contributed by atoms with Gasteiger partial charge in [0.1, 0.15) is 5.82 Å². The highest BCUT2D eigenvalue weighted by Crippen LogP contribution is 2.23. The second-order valence-electron chi connectivity index (χ2n) is 4.58. The summed E-state index contributed by atoms with van der Waals surface area (Å²) in [6.07, 6.45) is 2.56. The summed E-state index contributed by atoms with van der Waals surface area (Å²) in [5, 5.41) is 8.56. The van der Waals surface area contributed by atoms with Crippen LogP contribution in [0.5, 0.6) is 0 Å². The van der Waals surface area contributed by atoms with Gasteiger partial charge in [-0.25, -0.2) is 9.07 Å². The Morgan fingerprint density at radius 3 is 2.68 bits per heavy atom. The maximum atomic E-state index is 13.8. The van der Waals surface area contributed by atoms with Crippen molar-refractivity contribution in [2.75, 3.05) is 11.6 Å². The largest absolute Gasteiger partial charge is 0.335 e. The number of hydrogen-bond donors (Lipinski definition) is 1. The lowest BCUT2D eigenvalue weighted by Crippen LogP contribution is -2.12. The molecule has 2 heterocycles. The summed E-state index contributed by atoms with van der Waals surface area (Å²) in [6, 6.07) is 12.2. The first-order chi connectivity index (χ1) is 10.8. The van der Waals surface area contributed by atoms with Crippen molar-refractivity contribution in [3.63, 3.8) is 0 Å². The van der Waals surface area contributed by atoms with Crippen LogP contribution in [0.4, 0.5) is 4.39 Å². The van der Waals surface area contributed by atoms with Gasteiger partial charge in [0.05, 0.1) is 5.56 Å². The topological polar surface area (TPSA) is 69.6 Å². The molecule has 0 spiro atoms. The summed E-state index contributed by atoms with van der Waals surface area (Å²) < 4.78 is 15.1. The second kappa shape index (κ2) is 6.57.